The van der Waals surface area contributed by atoms with Crippen molar-refractivity contribution in [3.05, 3.63) is 62.7 Å². The van der Waals surface area contributed by atoms with Crippen molar-refractivity contribution < 1.29 is 0 Å². The molecular formula is C26H29N7O2. The number of para-hydroxylation sites is 1. The van der Waals surface area contributed by atoms with Crippen molar-refractivity contribution >= 4 is 27.8 Å². The van der Waals surface area contributed by atoms with Crippen molar-refractivity contribution in [2.45, 2.75) is 45.8 Å². The number of hydrogen-bond acceptors (Lipinski definition) is 6. The minimum atomic E-state index is -0.405. The van der Waals surface area contributed by atoms with Gasteiger partial charge in [-0.3, -0.25) is 13.9 Å². The first kappa shape index (κ1) is 22.9. The van der Waals surface area contributed by atoms with Gasteiger partial charge in [0.2, 0.25) is 0 Å². The number of nitrogens with zero attached hydrogens (tertiary/aromatic N) is 6. The Balaban J connectivity index is 1.69. The van der Waals surface area contributed by atoms with E-state index in [4.69, 9.17) is 5.73 Å². The molecule has 0 amide bonds. The molecule has 1 aliphatic heterocycles. The molecule has 1 aromatic carbocycles. The normalized spacial score (nSPS) is 16.0. The van der Waals surface area contributed by atoms with Crippen LogP contribution in [0.4, 0.5) is 5.82 Å². The lowest BCUT2D eigenvalue weighted by molar-refractivity contribution is 0.499. The molecular weight excluding hydrogens is 442 g/mol. The molecule has 1 fully saturated rings. The molecule has 0 radical (unpaired) electrons. The largest absolute Gasteiger partial charge is 0.356 e. The lowest BCUT2D eigenvalue weighted by Gasteiger charge is -2.32. The Morgan fingerprint density at radius 2 is 1.97 bits per heavy atom. The van der Waals surface area contributed by atoms with Gasteiger partial charge in [0.05, 0.1) is 24.1 Å². The zero-order valence-electron chi connectivity index (χ0n) is 20.3. The highest BCUT2D eigenvalue weighted by Gasteiger charge is 2.25. The van der Waals surface area contributed by atoms with E-state index in [-0.39, 0.29) is 18.1 Å². The Labute approximate surface area is 202 Å². The number of hydrogen-bond donors (Lipinski definition) is 1. The van der Waals surface area contributed by atoms with Gasteiger partial charge in [0, 0.05) is 43.3 Å². The fraction of sp³-hybridized carbons (Fsp3) is 0.385. The quantitative estimate of drug-likeness (QED) is 0.455. The monoisotopic (exact) mass is 471 g/mol. The summed E-state index contributed by atoms with van der Waals surface area (Å²) in [4.78, 5) is 38.5. The summed E-state index contributed by atoms with van der Waals surface area (Å²) in [7, 11) is 1.69. The maximum absolute atomic E-state index is 13.8. The predicted octanol–water partition coefficient (Wildman–Crippen LogP) is 1.75. The second-order valence-electron chi connectivity index (χ2n) is 9.07. The van der Waals surface area contributed by atoms with Gasteiger partial charge in [0.25, 0.3) is 5.56 Å². The summed E-state index contributed by atoms with van der Waals surface area (Å²) >= 11 is 0. The topological polar surface area (TPSA) is 104 Å². The van der Waals surface area contributed by atoms with Crippen LogP contribution in [0, 0.1) is 18.8 Å². The minimum Gasteiger partial charge on any atom is -0.356 e. The Hall–Kier alpha value is -3.90. The van der Waals surface area contributed by atoms with Crippen molar-refractivity contribution in [1.82, 2.24) is 23.7 Å². The van der Waals surface area contributed by atoms with E-state index in [2.05, 4.69) is 26.7 Å². The van der Waals surface area contributed by atoms with Crippen molar-refractivity contribution in [3.8, 4) is 11.8 Å². The highest BCUT2D eigenvalue weighted by Crippen LogP contribution is 2.26. The van der Waals surface area contributed by atoms with Crippen LogP contribution in [0.2, 0.25) is 0 Å². The summed E-state index contributed by atoms with van der Waals surface area (Å²) in [5, 5.41) is 0.948. The van der Waals surface area contributed by atoms with Crippen molar-refractivity contribution in [3.63, 3.8) is 0 Å². The summed E-state index contributed by atoms with van der Waals surface area (Å²) in [5.41, 5.74) is 8.08. The van der Waals surface area contributed by atoms with Gasteiger partial charge in [-0.2, -0.15) is 0 Å². The third-order valence-electron chi connectivity index (χ3n) is 6.72. The molecule has 35 heavy (non-hydrogen) atoms. The zero-order chi connectivity index (χ0) is 24.7. The molecule has 4 heterocycles. The van der Waals surface area contributed by atoms with Crippen LogP contribution in [-0.4, -0.2) is 42.8 Å². The number of aryl methyl sites for hydroxylation is 2. The zero-order valence-corrected chi connectivity index (χ0v) is 20.3. The number of nitrogens with two attached hydrogens (primary N) is 1. The number of fused-ring (bicyclic) bond motifs is 2. The van der Waals surface area contributed by atoms with Gasteiger partial charge in [0.15, 0.2) is 0 Å². The van der Waals surface area contributed by atoms with E-state index >= 15 is 0 Å². The number of anilines is 1. The fourth-order valence-electron chi connectivity index (χ4n) is 4.95. The van der Waals surface area contributed by atoms with Crippen LogP contribution in [0.3, 0.4) is 0 Å². The number of aromatic nitrogens is 5. The highest BCUT2D eigenvalue weighted by atomic mass is 16.2. The molecule has 0 spiro atoms. The minimum absolute atomic E-state index is 0.0122. The maximum atomic E-state index is 13.8. The molecule has 0 unspecified atom stereocenters. The number of rotatable bonds is 4. The second kappa shape index (κ2) is 9.04. The van der Waals surface area contributed by atoms with Crippen LogP contribution in [0.15, 0.2) is 39.9 Å². The Morgan fingerprint density at radius 3 is 2.74 bits per heavy atom. The molecule has 3 aromatic heterocycles. The average Bonchev–Trinajstić information content (AvgIpc) is 3.24. The van der Waals surface area contributed by atoms with Crippen LogP contribution in [0.1, 0.15) is 31.3 Å². The third kappa shape index (κ3) is 4.00. The molecule has 9 nitrogen and oxygen atoms in total. The molecule has 9 heteroatoms. The van der Waals surface area contributed by atoms with Gasteiger partial charge in [-0.05, 0) is 32.8 Å². The van der Waals surface area contributed by atoms with Crippen molar-refractivity contribution in [2.75, 3.05) is 18.0 Å². The molecule has 1 saturated heterocycles. The van der Waals surface area contributed by atoms with E-state index in [1.165, 1.54) is 9.13 Å². The van der Waals surface area contributed by atoms with Crippen LogP contribution >= 0.6 is 0 Å². The first-order valence-corrected chi connectivity index (χ1v) is 11.8. The Morgan fingerprint density at radius 1 is 1.17 bits per heavy atom. The average molecular weight is 472 g/mol. The molecule has 180 valence electrons. The summed E-state index contributed by atoms with van der Waals surface area (Å²) < 4.78 is 4.65. The maximum Gasteiger partial charge on any atom is 0.331 e. The standard InChI is InChI=1S/C26H29N7O2/c1-4-5-13-32-23(31-12-8-9-18(27)15-31)14-21-24(32)25(34)33(26(35)30(21)3)16-22-28-17(2)19-10-6-7-11-20(19)29-22/h6-7,10-11,14,18H,8-9,12-13,15-16,27H2,1-3H3/t18-/m1/s1. The molecule has 4 aromatic rings. The van der Waals surface area contributed by atoms with Gasteiger partial charge < -0.3 is 15.2 Å². The smallest absolute Gasteiger partial charge is 0.331 e. The lowest BCUT2D eigenvalue weighted by atomic mass is 10.1. The van der Waals surface area contributed by atoms with Crippen LogP contribution in [0.5, 0.6) is 0 Å². The predicted molar refractivity (Wildman–Crippen MR) is 138 cm³/mol. The van der Waals surface area contributed by atoms with Gasteiger partial charge in [-0.25, -0.2) is 14.8 Å². The Kier molecular flexibility index (Phi) is 5.91. The van der Waals surface area contributed by atoms with Crippen molar-refractivity contribution in [1.29, 1.82) is 0 Å². The van der Waals surface area contributed by atoms with Crippen LogP contribution < -0.4 is 21.9 Å². The molecule has 0 saturated carbocycles. The SMILES string of the molecule is CC#CCn1c(N2CCC[C@@H](N)C2)cc2c1c(=O)n(Cc1nc(C)c3ccccc3n1)c(=O)n2C. The van der Waals surface area contributed by atoms with Crippen LogP contribution in [0.25, 0.3) is 21.9 Å². The Bertz CT molecular complexity index is 1620. The van der Waals surface area contributed by atoms with Crippen LogP contribution in [-0.2, 0) is 20.1 Å². The van der Waals surface area contributed by atoms with E-state index in [0.717, 1.165) is 41.8 Å². The first-order valence-electron chi connectivity index (χ1n) is 11.8. The summed E-state index contributed by atoms with van der Waals surface area (Å²) in [6.07, 6.45) is 1.95. The third-order valence-corrected chi connectivity index (χ3v) is 6.72. The molecule has 1 aliphatic rings. The lowest BCUT2D eigenvalue weighted by Crippen LogP contribution is -2.43. The summed E-state index contributed by atoms with van der Waals surface area (Å²) in [6.45, 7) is 5.55. The van der Waals surface area contributed by atoms with E-state index in [1.54, 1.807) is 14.0 Å². The first-order chi connectivity index (χ1) is 16.9. The van der Waals surface area contributed by atoms with Crippen molar-refractivity contribution in [2.24, 2.45) is 12.8 Å². The molecule has 5 rings (SSSR count). The summed E-state index contributed by atoms with van der Waals surface area (Å²) in [6, 6.07) is 9.69. The molecule has 0 aliphatic carbocycles. The second-order valence-corrected chi connectivity index (χ2v) is 9.07. The van der Waals surface area contributed by atoms with E-state index in [0.29, 0.717) is 29.9 Å². The number of piperidine rings is 1. The fourth-order valence-corrected chi connectivity index (χ4v) is 4.95. The van der Waals surface area contributed by atoms with Gasteiger partial charge >= 0.3 is 5.69 Å². The molecule has 0 bridgehead atoms. The molecule has 2 N–H and O–H groups in total. The van der Waals surface area contributed by atoms with Gasteiger partial charge in [0.1, 0.15) is 17.2 Å². The van der Waals surface area contributed by atoms with Gasteiger partial charge in [-0.1, -0.05) is 24.1 Å². The van der Waals surface area contributed by atoms with E-state index < -0.39 is 5.69 Å². The van der Waals surface area contributed by atoms with E-state index in [1.807, 2.05) is 41.8 Å². The highest BCUT2D eigenvalue weighted by molar-refractivity contribution is 5.82. The van der Waals surface area contributed by atoms with Gasteiger partial charge in [-0.15, -0.1) is 5.92 Å². The summed E-state index contributed by atoms with van der Waals surface area (Å²) in [5.74, 6) is 7.29. The molecule has 1 atom stereocenters. The van der Waals surface area contributed by atoms with E-state index in [9.17, 15) is 9.59 Å². The number of benzene rings is 1.